The van der Waals surface area contributed by atoms with E-state index in [-0.39, 0.29) is 12.0 Å². The zero-order valence-corrected chi connectivity index (χ0v) is 13.2. The summed E-state index contributed by atoms with van der Waals surface area (Å²) < 4.78 is 4.99. The van der Waals surface area contributed by atoms with Crippen LogP contribution in [0, 0.1) is 0 Å². The highest BCUT2D eigenvalue weighted by Gasteiger charge is 2.23. The van der Waals surface area contributed by atoms with E-state index in [2.05, 4.69) is 21.9 Å². The van der Waals surface area contributed by atoms with Crippen molar-refractivity contribution >= 4 is 17.8 Å². The van der Waals surface area contributed by atoms with Crippen molar-refractivity contribution in [1.82, 2.24) is 20.2 Å². The lowest BCUT2D eigenvalue weighted by molar-refractivity contribution is 0.0952. The number of hydrogen-bond acceptors (Lipinski definition) is 6. The fourth-order valence-electron chi connectivity index (χ4n) is 2.23. The van der Waals surface area contributed by atoms with Crippen molar-refractivity contribution in [2.45, 2.75) is 6.92 Å². The van der Waals surface area contributed by atoms with Crippen LogP contribution < -0.4 is 10.2 Å². The molecule has 1 aromatic rings. The zero-order valence-electron chi connectivity index (χ0n) is 13.2. The summed E-state index contributed by atoms with van der Waals surface area (Å²) in [4.78, 5) is 35.5. The van der Waals surface area contributed by atoms with Gasteiger partial charge < -0.3 is 19.9 Å². The van der Waals surface area contributed by atoms with E-state index in [0.29, 0.717) is 50.8 Å². The molecule has 0 unspecified atom stereocenters. The molecule has 124 valence electrons. The second-order valence-electron chi connectivity index (χ2n) is 4.93. The highest BCUT2D eigenvalue weighted by molar-refractivity contribution is 5.92. The van der Waals surface area contributed by atoms with Crippen molar-refractivity contribution in [3.8, 4) is 0 Å². The minimum absolute atomic E-state index is 0.265. The van der Waals surface area contributed by atoms with E-state index in [0.717, 1.165) is 0 Å². The number of carbonyl (C=O) groups excluding carboxylic acids is 2. The molecule has 1 saturated heterocycles. The molecule has 1 aromatic heterocycles. The number of aromatic nitrogens is 2. The van der Waals surface area contributed by atoms with Crippen molar-refractivity contribution in [2.75, 3.05) is 44.2 Å². The van der Waals surface area contributed by atoms with Crippen LogP contribution in [-0.2, 0) is 4.74 Å². The Balaban J connectivity index is 1.97. The Hall–Kier alpha value is -2.64. The third kappa shape index (κ3) is 4.41. The maximum atomic E-state index is 11.9. The molecule has 0 atom stereocenters. The summed E-state index contributed by atoms with van der Waals surface area (Å²) in [6.45, 7) is 8.46. The molecule has 0 aliphatic carbocycles. The molecule has 8 nitrogen and oxygen atoms in total. The van der Waals surface area contributed by atoms with Gasteiger partial charge in [0.25, 0.3) is 5.91 Å². The summed E-state index contributed by atoms with van der Waals surface area (Å²) in [6.07, 6.45) is 2.68. The van der Waals surface area contributed by atoms with E-state index >= 15 is 0 Å². The molecule has 1 aliphatic heterocycles. The average Bonchev–Trinajstić information content (AvgIpc) is 2.60. The third-order valence-corrected chi connectivity index (χ3v) is 3.42. The summed E-state index contributed by atoms with van der Waals surface area (Å²) in [5.41, 5.74) is 0.310. The molecule has 2 heterocycles. The molecule has 23 heavy (non-hydrogen) atoms. The Bertz CT molecular complexity index is 570. The minimum Gasteiger partial charge on any atom is -0.450 e. The van der Waals surface area contributed by atoms with Gasteiger partial charge in [-0.25, -0.2) is 14.8 Å². The second-order valence-corrected chi connectivity index (χ2v) is 4.93. The fraction of sp³-hybridized carbons (Fsp3) is 0.467. The molecule has 0 bridgehead atoms. The quantitative estimate of drug-likeness (QED) is 0.803. The van der Waals surface area contributed by atoms with Crippen LogP contribution in [0.1, 0.15) is 17.4 Å². The first kappa shape index (κ1) is 16.7. The maximum absolute atomic E-state index is 11.9. The summed E-state index contributed by atoms with van der Waals surface area (Å²) in [5.74, 6) is 0.408. The van der Waals surface area contributed by atoms with Crippen molar-refractivity contribution < 1.29 is 14.3 Å². The van der Waals surface area contributed by atoms with Gasteiger partial charge in [-0.05, 0) is 6.92 Å². The van der Waals surface area contributed by atoms with Gasteiger partial charge in [0.1, 0.15) is 17.8 Å². The Morgan fingerprint density at radius 2 is 2.09 bits per heavy atom. The van der Waals surface area contributed by atoms with Gasteiger partial charge >= 0.3 is 6.09 Å². The van der Waals surface area contributed by atoms with Crippen molar-refractivity contribution in [2.24, 2.45) is 0 Å². The van der Waals surface area contributed by atoms with Crippen molar-refractivity contribution in [3.05, 3.63) is 30.7 Å². The van der Waals surface area contributed by atoms with Gasteiger partial charge in [0.2, 0.25) is 0 Å². The molecule has 0 spiro atoms. The number of nitrogens with one attached hydrogen (secondary N) is 1. The van der Waals surface area contributed by atoms with Crippen LogP contribution in [-0.4, -0.2) is 66.2 Å². The first-order valence-corrected chi connectivity index (χ1v) is 7.53. The van der Waals surface area contributed by atoms with E-state index in [9.17, 15) is 9.59 Å². The summed E-state index contributed by atoms with van der Waals surface area (Å²) >= 11 is 0. The Morgan fingerprint density at radius 1 is 1.35 bits per heavy atom. The number of hydrogen-bond donors (Lipinski definition) is 1. The number of anilines is 1. The van der Waals surface area contributed by atoms with Crippen molar-refractivity contribution in [1.29, 1.82) is 0 Å². The summed E-state index contributed by atoms with van der Waals surface area (Å²) in [5, 5.41) is 2.68. The number of nitrogens with zero attached hydrogens (tertiary/aromatic N) is 4. The lowest BCUT2D eigenvalue weighted by Crippen LogP contribution is -2.49. The molecule has 2 rings (SSSR count). The molecule has 1 aliphatic rings. The van der Waals surface area contributed by atoms with Crippen LogP contribution in [0.3, 0.4) is 0 Å². The lowest BCUT2D eigenvalue weighted by Gasteiger charge is -2.34. The van der Waals surface area contributed by atoms with Gasteiger partial charge in [-0.1, -0.05) is 6.08 Å². The van der Waals surface area contributed by atoms with E-state index in [1.165, 1.54) is 6.33 Å². The lowest BCUT2D eigenvalue weighted by atomic mass is 10.3. The Kier molecular flexibility index (Phi) is 5.90. The van der Waals surface area contributed by atoms with Crippen molar-refractivity contribution in [3.63, 3.8) is 0 Å². The van der Waals surface area contributed by atoms with Gasteiger partial charge in [0.05, 0.1) is 6.61 Å². The monoisotopic (exact) mass is 319 g/mol. The largest absolute Gasteiger partial charge is 0.450 e. The third-order valence-electron chi connectivity index (χ3n) is 3.42. The molecule has 0 radical (unpaired) electrons. The van der Waals surface area contributed by atoms with Crippen LogP contribution in [0.4, 0.5) is 10.6 Å². The average molecular weight is 319 g/mol. The Morgan fingerprint density at radius 3 is 2.74 bits per heavy atom. The molecule has 1 fully saturated rings. The minimum atomic E-state index is -0.292. The number of ether oxygens (including phenoxy) is 1. The number of rotatable bonds is 5. The molecular formula is C15H21N5O3. The van der Waals surface area contributed by atoms with Crippen LogP contribution in [0.5, 0.6) is 0 Å². The SMILES string of the molecule is C=CCNC(=O)c1cc(N2CCN(C(=O)OCC)CC2)ncn1. The first-order chi connectivity index (χ1) is 11.2. The molecule has 2 amide bonds. The predicted octanol–water partition coefficient (Wildman–Crippen LogP) is 0.671. The van der Waals surface area contributed by atoms with E-state index in [1.54, 1.807) is 24.0 Å². The smallest absolute Gasteiger partial charge is 0.409 e. The molecular weight excluding hydrogens is 298 g/mol. The maximum Gasteiger partial charge on any atom is 0.409 e. The standard InChI is InChI=1S/C15H21N5O3/c1-3-5-16-14(21)12-10-13(18-11-17-12)19-6-8-20(9-7-19)15(22)23-4-2/h3,10-11H,1,4-9H2,2H3,(H,16,21). The van der Waals surface area contributed by atoms with Gasteiger partial charge in [0.15, 0.2) is 0 Å². The topological polar surface area (TPSA) is 87.7 Å². The molecule has 0 saturated carbocycles. The van der Waals surface area contributed by atoms with E-state index in [4.69, 9.17) is 4.74 Å². The second kappa shape index (κ2) is 8.11. The summed E-state index contributed by atoms with van der Waals surface area (Å²) in [6, 6.07) is 1.65. The fourth-order valence-corrected chi connectivity index (χ4v) is 2.23. The predicted molar refractivity (Wildman–Crippen MR) is 85.4 cm³/mol. The molecule has 0 aromatic carbocycles. The number of amides is 2. The first-order valence-electron chi connectivity index (χ1n) is 7.53. The number of carbonyl (C=O) groups is 2. The van der Waals surface area contributed by atoms with Gasteiger partial charge in [-0.3, -0.25) is 4.79 Å². The van der Waals surface area contributed by atoms with Crippen LogP contribution in [0.25, 0.3) is 0 Å². The van der Waals surface area contributed by atoms with Crippen LogP contribution in [0.2, 0.25) is 0 Å². The van der Waals surface area contributed by atoms with Crippen LogP contribution in [0.15, 0.2) is 25.0 Å². The van der Waals surface area contributed by atoms with Crippen LogP contribution >= 0.6 is 0 Å². The highest BCUT2D eigenvalue weighted by atomic mass is 16.6. The Labute approximate surface area is 135 Å². The zero-order chi connectivity index (χ0) is 16.7. The normalized spacial score (nSPS) is 14.3. The van der Waals surface area contributed by atoms with Gasteiger partial charge in [-0.15, -0.1) is 6.58 Å². The van der Waals surface area contributed by atoms with Gasteiger partial charge in [-0.2, -0.15) is 0 Å². The highest BCUT2D eigenvalue weighted by Crippen LogP contribution is 2.14. The number of piperazine rings is 1. The molecule has 1 N–H and O–H groups in total. The molecule has 8 heteroatoms. The summed E-state index contributed by atoms with van der Waals surface area (Å²) in [7, 11) is 0. The van der Waals surface area contributed by atoms with E-state index < -0.39 is 0 Å². The van der Waals surface area contributed by atoms with Gasteiger partial charge in [0, 0.05) is 38.8 Å². The van der Waals surface area contributed by atoms with E-state index in [1.807, 2.05) is 4.90 Å².